The second-order valence-corrected chi connectivity index (χ2v) is 32.3. The van der Waals surface area contributed by atoms with Crippen molar-refractivity contribution in [2.75, 3.05) is 133 Å². The summed E-state index contributed by atoms with van der Waals surface area (Å²) in [4.78, 5) is 98.1. The van der Waals surface area contributed by atoms with Crippen LogP contribution in [0.2, 0.25) is 10.0 Å². The van der Waals surface area contributed by atoms with Crippen molar-refractivity contribution < 1.29 is 60.2 Å². The molecule has 10 heterocycles. The smallest absolute Gasteiger partial charge is 0.408 e. The minimum Gasteiger partial charge on any atom is -0.480 e. The number of carboxylic acids is 1. The summed E-state index contributed by atoms with van der Waals surface area (Å²) < 4.78 is 66.9. The van der Waals surface area contributed by atoms with Crippen LogP contribution in [0, 0.1) is 0 Å². The molecule has 2 atom stereocenters. The molecule has 4 aromatic heterocycles. The molecule has 6 saturated heterocycles. The van der Waals surface area contributed by atoms with Gasteiger partial charge in [-0.15, -0.1) is 0 Å². The molecule has 2 aromatic carbocycles. The van der Waals surface area contributed by atoms with Gasteiger partial charge in [0.1, 0.15) is 47.6 Å². The Morgan fingerprint density at radius 2 is 0.901 bits per heavy atom. The normalized spacial score (nSPS) is 18.3. The minimum atomic E-state index is -3.64. The number of rotatable bonds is 16. The van der Waals surface area contributed by atoms with Gasteiger partial charge in [-0.1, -0.05) is 23.2 Å². The third-order valence-corrected chi connectivity index (χ3v) is 19.3. The van der Waals surface area contributed by atoms with E-state index in [0.717, 1.165) is 138 Å². The molecule has 30 nitrogen and oxygen atoms in total. The Balaban J connectivity index is 0.000000191. The third kappa shape index (κ3) is 19.9. The molecule has 0 radical (unpaired) electrons. The van der Waals surface area contributed by atoms with Gasteiger partial charge in [0.15, 0.2) is 11.3 Å². The number of aromatic nitrogens is 6. The monoisotopic (exact) mass is 1480 g/mol. The number of nitrogens with one attached hydrogen (secondary N) is 4. The zero-order valence-electron chi connectivity index (χ0n) is 58.3. The standard InChI is InChI=1S/C33H44ClN9O6S.C27H34ClN7O3S.C7H13NO4/c1-33(2,3)49-32(46)35-21-30(44)41-16-14-40(15-17-41)29-20-27(39-11-7-12-39)36-28-19-25(37-43(28)29)26-8-5-6-13-42(26)31(45)23-18-22(34)9-10-24(23)38-50(4,47)48;1-39(37,38)31-21-10-9-19(28)16-20(21)27(36)34-15-6-3-8-23(34)22-17-25-29-24(32-13-7-14-32)18-26(35(25)30-22)33-11-4-2-5-12-33;1-7(2,3)12-6(11)8-4-5(9)10/h9-10,18-20,26,38H,5-8,11-17,21H2,1-4H3,(H,35,46);9-10,16-18,23,31H,2-8,11-15H2,1H3;4H2,1-3H3,(H,8,11)(H,9,10)/t26-;23-;/m00./s1. The van der Waals surface area contributed by atoms with Crippen LogP contribution in [0.4, 0.5) is 44.2 Å². The van der Waals surface area contributed by atoms with Gasteiger partial charge in [0.2, 0.25) is 26.0 Å². The molecular weight excluding hydrogens is 1390 g/mol. The number of aliphatic carboxylic acids is 1. The van der Waals surface area contributed by atoms with Crippen LogP contribution in [-0.4, -0.2) is 217 Å². The Morgan fingerprint density at radius 3 is 1.29 bits per heavy atom. The number of carbonyl (C=O) groups excluding carboxylic acids is 5. The van der Waals surface area contributed by atoms with Crippen molar-refractivity contribution in [1.29, 1.82) is 0 Å². The predicted octanol–water partition coefficient (Wildman–Crippen LogP) is 8.42. The van der Waals surface area contributed by atoms with Crippen LogP contribution in [0.15, 0.2) is 60.7 Å². The summed E-state index contributed by atoms with van der Waals surface area (Å²) in [5.41, 5.74) is 2.47. The number of amides is 5. The topological polar surface area (TPSA) is 341 Å². The number of ether oxygens (including phenoxy) is 2. The molecule has 6 aliphatic rings. The Labute approximate surface area is 598 Å². The second-order valence-electron chi connectivity index (χ2n) is 28.0. The average molecular weight is 1480 g/mol. The third-order valence-electron chi connectivity index (χ3n) is 17.6. The summed E-state index contributed by atoms with van der Waals surface area (Å²) in [7, 11) is -7.23. The fourth-order valence-electron chi connectivity index (χ4n) is 12.7. The van der Waals surface area contributed by atoms with Gasteiger partial charge >= 0.3 is 18.2 Å². The van der Waals surface area contributed by atoms with Gasteiger partial charge in [0.05, 0.1) is 58.5 Å². The highest BCUT2D eigenvalue weighted by Crippen LogP contribution is 2.39. The van der Waals surface area contributed by atoms with E-state index in [1.807, 2.05) is 27.2 Å². The van der Waals surface area contributed by atoms with E-state index in [2.05, 4.69) is 45.7 Å². The van der Waals surface area contributed by atoms with E-state index < -0.39 is 55.9 Å². The van der Waals surface area contributed by atoms with E-state index in [0.29, 0.717) is 67.1 Å². The lowest BCUT2D eigenvalue weighted by atomic mass is 9.98. The van der Waals surface area contributed by atoms with Gasteiger partial charge in [0.25, 0.3) is 11.8 Å². The number of alkyl carbamates (subject to hydrolysis) is 2. The number of fused-ring (bicyclic) bond motifs is 2. The van der Waals surface area contributed by atoms with Crippen LogP contribution in [0.3, 0.4) is 0 Å². The van der Waals surface area contributed by atoms with Gasteiger partial charge in [-0.05, 0) is 149 Å². The second kappa shape index (κ2) is 31.7. The molecule has 0 unspecified atom stereocenters. The first kappa shape index (κ1) is 75.1. The average Bonchev–Trinajstić information content (AvgIpc) is 1.65. The maximum atomic E-state index is 14.1. The molecule has 6 aromatic rings. The molecule has 101 heavy (non-hydrogen) atoms. The fourth-order valence-corrected chi connectivity index (χ4v) is 14.2. The molecule has 5 amide bonds. The number of sulfonamides is 2. The predicted molar refractivity (Wildman–Crippen MR) is 386 cm³/mol. The molecule has 0 bridgehead atoms. The molecule has 6 fully saturated rings. The lowest BCUT2D eigenvalue weighted by Crippen LogP contribution is -2.52. The minimum absolute atomic E-state index is 0.145. The molecule has 548 valence electrons. The number of carboxylic acid groups (broad SMARTS) is 1. The zero-order valence-corrected chi connectivity index (χ0v) is 61.5. The van der Waals surface area contributed by atoms with Crippen LogP contribution < -0.4 is 39.7 Å². The van der Waals surface area contributed by atoms with Crippen molar-refractivity contribution in [2.45, 2.75) is 135 Å². The first-order valence-corrected chi connectivity index (χ1v) is 38.7. The Bertz CT molecular complexity index is 4280. The maximum Gasteiger partial charge on any atom is 0.408 e. The summed E-state index contributed by atoms with van der Waals surface area (Å²) in [5, 5.41) is 23.6. The van der Waals surface area contributed by atoms with Crippen molar-refractivity contribution in [1.82, 2.24) is 54.5 Å². The number of nitrogens with zero attached hydrogens (tertiary/aromatic N) is 13. The fraction of sp³-hybridized carbons (Fsp3) is 0.552. The van der Waals surface area contributed by atoms with Crippen molar-refractivity contribution in [3.8, 4) is 0 Å². The SMILES string of the molecule is CC(C)(C)OC(=O)NCC(=O)N1CCN(c2cc(N3CCC3)nc3cc([C@@H]4CCCCN4C(=O)c4cc(Cl)ccc4NS(C)(=O)=O)nn23)CC1.CC(C)(C)OC(=O)NCC(=O)O.CS(=O)(=O)Nc1ccc(Cl)cc1C(=O)N1CCCC[C@H]1c1cc2nc(N3CCC3)cc(N3CCCCC3)n2n1. The summed E-state index contributed by atoms with van der Waals surface area (Å²) >= 11 is 12.5. The quantitative estimate of drug-likeness (QED) is 0.0606. The first-order chi connectivity index (χ1) is 47.7. The molecule has 5 N–H and O–H groups in total. The molecule has 34 heteroatoms. The number of hydrogen-bond donors (Lipinski definition) is 5. The van der Waals surface area contributed by atoms with Crippen LogP contribution in [0.25, 0.3) is 11.3 Å². The number of carbonyl (C=O) groups is 6. The highest BCUT2D eigenvalue weighted by molar-refractivity contribution is 7.92. The summed E-state index contributed by atoms with van der Waals surface area (Å²) in [6, 6.07) is 16.7. The number of hydrogen-bond acceptors (Lipinski definition) is 20. The number of anilines is 6. The van der Waals surface area contributed by atoms with Gasteiger partial charge in [0, 0.05) is 113 Å². The largest absolute Gasteiger partial charge is 0.480 e. The van der Waals surface area contributed by atoms with Crippen LogP contribution in [0.5, 0.6) is 0 Å². The Kier molecular flexibility index (Phi) is 23.6. The number of piperazine rings is 1. The van der Waals surface area contributed by atoms with E-state index in [1.54, 1.807) is 68.4 Å². The number of halogens is 2. The number of benzene rings is 2. The van der Waals surface area contributed by atoms with E-state index in [-0.39, 0.29) is 58.9 Å². The van der Waals surface area contributed by atoms with Gasteiger partial charge in [-0.25, -0.2) is 36.4 Å². The van der Waals surface area contributed by atoms with Crippen molar-refractivity contribution >= 4 is 125 Å². The molecule has 0 spiro atoms. The summed E-state index contributed by atoms with van der Waals surface area (Å²) in [6.45, 7) is 18.7. The summed E-state index contributed by atoms with van der Waals surface area (Å²) in [5.74, 6) is 1.83. The van der Waals surface area contributed by atoms with Crippen molar-refractivity contribution in [3.63, 3.8) is 0 Å². The van der Waals surface area contributed by atoms with Gasteiger partial charge in [-0.2, -0.15) is 19.2 Å². The molecule has 0 aliphatic carbocycles. The lowest BCUT2D eigenvalue weighted by molar-refractivity contribution is -0.136. The van der Waals surface area contributed by atoms with Crippen LogP contribution in [0.1, 0.15) is 156 Å². The van der Waals surface area contributed by atoms with Gasteiger partial charge in [-0.3, -0.25) is 28.6 Å². The first-order valence-electron chi connectivity index (χ1n) is 34.1. The lowest BCUT2D eigenvalue weighted by Gasteiger charge is -2.37. The van der Waals surface area contributed by atoms with Crippen LogP contribution in [-0.2, 0) is 39.1 Å². The summed E-state index contributed by atoms with van der Waals surface area (Å²) in [6.07, 6.45) is 11.5. The Morgan fingerprint density at radius 1 is 0.505 bits per heavy atom. The highest BCUT2D eigenvalue weighted by atomic mass is 35.5. The molecular formula is C67H91Cl2N17O13S2. The van der Waals surface area contributed by atoms with Crippen molar-refractivity contribution in [3.05, 3.63) is 93.2 Å². The van der Waals surface area contributed by atoms with Crippen molar-refractivity contribution in [2.24, 2.45) is 0 Å². The Hall–Kier alpha value is -8.62. The van der Waals surface area contributed by atoms with E-state index in [4.69, 9.17) is 57.9 Å². The maximum absolute atomic E-state index is 14.1. The van der Waals surface area contributed by atoms with E-state index >= 15 is 0 Å². The van der Waals surface area contributed by atoms with Crippen LogP contribution >= 0.6 is 23.2 Å². The van der Waals surface area contributed by atoms with E-state index in [1.165, 1.54) is 37.1 Å². The number of likely N-dealkylation sites (tertiary alicyclic amines) is 2. The van der Waals surface area contributed by atoms with E-state index in [9.17, 15) is 45.6 Å². The molecule has 6 aliphatic heterocycles. The highest BCUT2D eigenvalue weighted by Gasteiger charge is 2.37. The zero-order chi connectivity index (χ0) is 72.7. The molecule has 12 rings (SSSR count). The number of piperidine rings is 3. The molecule has 0 saturated carbocycles. The van der Waals surface area contributed by atoms with Gasteiger partial charge < -0.3 is 59.5 Å².